The van der Waals surface area contributed by atoms with Crippen LogP contribution in [-0.2, 0) is 6.54 Å². The minimum absolute atomic E-state index is 0.115. The number of rotatable bonds is 6. The van der Waals surface area contributed by atoms with Crippen LogP contribution in [0.5, 0.6) is 0 Å². The van der Waals surface area contributed by atoms with Crippen molar-refractivity contribution in [1.82, 2.24) is 4.90 Å². The van der Waals surface area contributed by atoms with Gasteiger partial charge in [0.25, 0.3) is 0 Å². The van der Waals surface area contributed by atoms with E-state index >= 15 is 0 Å². The van der Waals surface area contributed by atoms with Gasteiger partial charge in [-0.1, -0.05) is 37.0 Å². The molecule has 0 aliphatic heterocycles. The predicted octanol–water partition coefficient (Wildman–Crippen LogP) is 1.23. The zero-order valence-electron chi connectivity index (χ0n) is 10.9. The van der Waals surface area contributed by atoms with Crippen LogP contribution in [0.1, 0.15) is 24.5 Å². The largest absolute Gasteiger partial charge is 0.396 e. The fourth-order valence-electron chi connectivity index (χ4n) is 1.80. The van der Waals surface area contributed by atoms with Crippen LogP contribution in [0.4, 0.5) is 0 Å². The van der Waals surface area contributed by atoms with Crippen molar-refractivity contribution in [3.8, 4) is 11.8 Å². The molecule has 3 nitrogen and oxygen atoms in total. The van der Waals surface area contributed by atoms with E-state index in [0.717, 1.165) is 31.6 Å². The maximum absolute atomic E-state index is 8.87. The zero-order chi connectivity index (χ0) is 13.2. The molecule has 0 aromatic heterocycles. The third-order valence-electron chi connectivity index (χ3n) is 2.79. The molecule has 0 spiro atoms. The minimum Gasteiger partial charge on any atom is -0.396 e. The second kappa shape index (κ2) is 8.71. The summed E-state index contributed by atoms with van der Waals surface area (Å²) in [5.74, 6) is 5.66. The van der Waals surface area contributed by atoms with Crippen LogP contribution >= 0.6 is 0 Å². The van der Waals surface area contributed by atoms with Crippen molar-refractivity contribution in [3.63, 3.8) is 0 Å². The van der Waals surface area contributed by atoms with Gasteiger partial charge in [-0.2, -0.15) is 0 Å². The fraction of sp³-hybridized carbons (Fsp3) is 0.467. The molecule has 0 aliphatic rings. The van der Waals surface area contributed by atoms with E-state index in [1.54, 1.807) is 0 Å². The minimum atomic E-state index is -0.115. The lowest BCUT2D eigenvalue weighted by Crippen LogP contribution is -2.25. The Hall–Kier alpha value is -1.34. The van der Waals surface area contributed by atoms with Gasteiger partial charge < -0.3 is 10.2 Å². The number of aliphatic hydroxyl groups excluding tert-OH is 2. The maximum Gasteiger partial charge on any atom is 0.104 e. The van der Waals surface area contributed by atoms with Crippen molar-refractivity contribution in [2.45, 2.75) is 19.9 Å². The summed E-state index contributed by atoms with van der Waals surface area (Å²) in [5.41, 5.74) is 2.13. The molecule has 0 heterocycles. The first kappa shape index (κ1) is 14.7. The van der Waals surface area contributed by atoms with Gasteiger partial charge >= 0.3 is 0 Å². The molecule has 0 aliphatic carbocycles. The third-order valence-corrected chi connectivity index (χ3v) is 2.79. The molecule has 0 saturated carbocycles. The first-order valence-electron chi connectivity index (χ1n) is 6.32. The fourth-order valence-corrected chi connectivity index (χ4v) is 1.80. The van der Waals surface area contributed by atoms with Crippen LogP contribution in [0.3, 0.4) is 0 Å². The lowest BCUT2D eigenvalue weighted by Gasteiger charge is -2.20. The Kier molecular flexibility index (Phi) is 7.12. The summed E-state index contributed by atoms with van der Waals surface area (Å²) in [5, 5.41) is 17.6. The van der Waals surface area contributed by atoms with Crippen LogP contribution in [0, 0.1) is 11.8 Å². The van der Waals surface area contributed by atoms with E-state index in [-0.39, 0.29) is 13.2 Å². The van der Waals surface area contributed by atoms with E-state index in [1.807, 2.05) is 18.2 Å². The Morgan fingerprint density at radius 2 is 2.00 bits per heavy atom. The maximum atomic E-state index is 8.87. The standard InChI is InChI=1S/C15H21NO2/c1-2-16(10-6-12-18)13-15-8-4-3-7-14(15)9-5-11-17/h3-4,7-8,17-18H,2,6,10-13H2,1H3. The molecule has 3 heteroatoms. The molecule has 1 rings (SSSR count). The molecule has 1 aromatic carbocycles. The average molecular weight is 247 g/mol. The van der Waals surface area contributed by atoms with Crippen molar-refractivity contribution in [3.05, 3.63) is 35.4 Å². The topological polar surface area (TPSA) is 43.7 Å². The van der Waals surface area contributed by atoms with Crippen LogP contribution in [0.2, 0.25) is 0 Å². The van der Waals surface area contributed by atoms with E-state index in [9.17, 15) is 0 Å². The average Bonchev–Trinajstić information content (AvgIpc) is 2.42. The Labute approximate surface area is 109 Å². The van der Waals surface area contributed by atoms with Gasteiger partial charge in [0.05, 0.1) is 0 Å². The first-order valence-corrected chi connectivity index (χ1v) is 6.32. The quantitative estimate of drug-likeness (QED) is 0.743. The van der Waals surface area contributed by atoms with Crippen molar-refractivity contribution >= 4 is 0 Å². The molecule has 0 atom stereocenters. The summed E-state index contributed by atoms with van der Waals surface area (Å²) in [7, 11) is 0. The van der Waals surface area contributed by atoms with E-state index in [4.69, 9.17) is 10.2 Å². The second-order valence-corrected chi connectivity index (χ2v) is 4.06. The van der Waals surface area contributed by atoms with Crippen LogP contribution in [-0.4, -0.2) is 41.4 Å². The summed E-state index contributed by atoms with van der Waals surface area (Å²) in [6, 6.07) is 7.98. The summed E-state index contributed by atoms with van der Waals surface area (Å²) in [6.07, 6.45) is 0.790. The highest BCUT2D eigenvalue weighted by Gasteiger charge is 2.05. The molecule has 0 saturated heterocycles. The monoisotopic (exact) mass is 247 g/mol. The van der Waals surface area contributed by atoms with Gasteiger partial charge in [0.15, 0.2) is 0 Å². The zero-order valence-corrected chi connectivity index (χ0v) is 10.9. The molecule has 98 valence electrons. The van der Waals surface area contributed by atoms with E-state index in [1.165, 1.54) is 5.56 Å². The number of hydrogen-bond donors (Lipinski definition) is 2. The van der Waals surface area contributed by atoms with Crippen molar-refractivity contribution in [2.24, 2.45) is 0 Å². The van der Waals surface area contributed by atoms with Gasteiger partial charge in [-0.05, 0) is 24.6 Å². The lowest BCUT2D eigenvalue weighted by molar-refractivity contribution is 0.225. The molecule has 0 radical (unpaired) electrons. The van der Waals surface area contributed by atoms with Gasteiger partial charge in [0.1, 0.15) is 6.61 Å². The Morgan fingerprint density at radius 3 is 2.67 bits per heavy atom. The molecule has 18 heavy (non-hydrogen) atoms. The van der Waals surface area contributed by atoms with Gasteiger partial charge in [0, 0.05) is 25.3 Å². The Balaban J connectivity index is 2.75. The van der Waals surface area contributed by atoms with Crippen LogP contribution < -0.4 is 0 Å². The predicted molar refractivity (Wildman–Crippen MR) is 73.1 cm³/mol. The van der Waals surface area contributed by atoms with Gasteiger partial charge in [0.2, 0.25) is 0 Å². The van der Waals surface area contributed by atoms with Crippen molar-refractivity contribution in [2.75, 3.05) is 26.3 Å². The second-order valence-electron chi connectivity index (χ2n) is 4.06. The van der Waals surface area contributed by atoms with E-state index < -0.39 is 0 Å². The number of nitrogens with zero attached hydrogens (tertiary/aromatic N) is 1. The van der Waals surface area contributed by atoms with Crippen molar-refractivity contribution < 1.29 is 10.2 Å². The summed E-state index contributed by atoms with van der Waals surface area (Å²) >= 11 is 0. The molecule has 2 N–H and O–H groups in total. The highest BCUT2D eigenvalue weighted by molar-refractivity contribution is 5.41. The molecule has 0 fully saturated rings. The summed E-state index contributed by atoms with van der Waals surface area (Å²) in [4.78, 5) is 2.27. The van der Waals surface area contributed by atoms with Gasteiger partial charge in [-0.25, -0.2) is 0 Å². The summed E-state index contributed by atoms with van der Waals surface area (Å²) in [6.45, 7) is 4.88. The number of benzene rings is 1. The Morgan fingerprint density at radius 1 is 1.22 bits per heavy atom. The molecular formula is C15H21NO2. The number of aliphatic hydroxyl groups is 2. The Bertz CT molecular complexity index is 406. The molecular weight excluding hydrogens is 226 g/mol. The molecule has 0 bridgehead atoms. The molecule has 1 aromatic rings. The van der Waals surface area contributed by atoms with Crippen LogP contribution in [0.15, 0.2) is 24.3 Å². The van der Waals surface area contributed by atoms with E-state index in [0.29, 0.717) is 0 Å². The van der Waals surface area contributed by atoms with Gasteiger partial charge in [-0.3, -0.25) is 4.90 Å². The molecule has 0 amide bonds. The lowest BCUT2D eigenvalue weighted by atomic mass is 10.1. The normalized spacial score (nSPS) is 10.2. The van der Waals surface area contributed by atoms with Crippen LogP contribution in [0.25, 0.3) is 0 Å². The van der Waals surface area contributed by atoms with E-state index in [2.05, 4.69) is 29.7 Å². The first-order chi connectivity index (χ1) is 8.81. The van der Waals surface area contributed by atoms with Crippen molar-refractivity contribution in [1.29, 1.82) is 0 Å². The highest BCUT2D eigenvalue weighted by Crippen LogP contribution is 2.11. The summed E-state index contributed by atoms with van der Waals surface area (Å²) < 4.78 is 0. The van der Waals surface area contributed by atoms with Gasteiger partial charge in [-0.15, -0.1) is 0 Å². The smallest absolute Gasteiger partial charge is 0.104 e. The third kappa shape index (κ3) is 4.89. The SMILES string of the molecule is CCN(CCCO)Cc1ccccc1C#CCO. The molecule has 0 unspecified atom stereocenters. The number of hydrogen-bond acceptors (Lipinski definition) is 3. The highest BCUT2D eigenvalue weighted by atomic mass is 16.3.